The van der Waals surface area contributed by atoms with E-state index in [-0.39, 0.29) is 5.91 Å². The second kappa shape index (κ2) is 8.39. The zero-order chi connectivity index (χ0) is 17.8. The van der Waals surface area contributed by atoms with Gasteiger partial charge in [0.25, 0.3) is 5.91 Å². The number of aliphatic hydroxyl groups excluding tert-OH is 1. The second-order valence-corrected chi connectivity index (χ2v) is 7.49. The molecule has 2 fully saturated rings. The van der Waals surface area contributed by atoms with Gasteiger partial charge < -0.3 is 14.7 Å². The Labute approximate surface area is 154 Å². The quantitative estimate of drug-likeness (QED) is 0.890. The van der Waals surface area contributed by atoms with Gasteiger partial charge in [0.15, 0.2) is 0 Å². The van der Waals surface area contributed by atoms with Gasteiger partial charge in [0.1, 0.15) is 5.75 Å². The van der Waals surface area contributed by atoms with Crippen molar-refractivity contribution in [2.24, 2.45) is 5.92 Å². The smallest absolute Gasteiger partial charge is 0.257 e. The Bertz CT molecular complexity index is 602. The third-order valence-electron chi connectivity index (χ3n) is 5.50. The molecule has 6 heteroatoms. The number of rotatable bonds is 4. The van der Waals surface area contributed by atoms with E-state index in [9.17, 15) is 9.90 Å². The molecule has 138 valence electrons. The lowest BCUT2D eigenvalue weighted by atomic mass is 9.94. The number of ether oxygens (including phenoxy) is 1. The lowest BCUT2D eigenvalue weighted by Gasteiger charge is -2.42. The van der Waals surface area contributed by atoms with E-state index in [1.807, 2.05) is 4.90 Å². The van der Waals surface area contributed by atoms with E-state index in [2.05, 4.69) is 4.90 Å². The monoisotopic (exact) mass is 366 g/mol. The first-order valence-corrected chi connectivity index (χ1v) is 9.48. The summed E-state index contributed by atoms with van der Waals surface area (Å²) in [5.41, 5.74) is 0.575. The van der Waals surface area contributed by atoms with Crippen molar-refractivity contribution in [3.05, 3.63) is 28.8 Å². The van der Waals surface area contributed by atoms with Crippen LogP contribution < -0.4 is 4.74 Å². The summed E-state index contributed by atoms with van der Waals surface area (Å²) >= 11 is 6.01. The van der Waals surface area contributed by atoms with Crippen molar-refractivity contribution in [2.75, 3.05) is 39.9 Å². The number of carbonyl (C=O) groups excluding carboxylic acids is 1. The summed E-state index contributed by atoms with van der Waals surface area (Å²) in [4.78, 5) is 17.4. The van der Waals surface area contributed by atoms with E-state index >= 15 is 0 Å². The average molecular weight is 367 g/mol. The summed E-state index contributed by atoms with van der Waals surface area (Å²) in [6.07, 6.45) is 4.25. The van der Waals surface area contributed by atoms with Crippen LogP contribution in [0.2, 0.25) is 5.02 Å². The summed E-state index contributed by atoms with van der Waals surface area (Å²) in [7, 11) is 1.56. The molecule has 1 aromatic rings. The van der Waals surface area contributed by atoms with E-state index in [1.54, 1.807) is 25.3 Å². The molecule has 2 heterocycles. The summed E-state index contributed by atoms with van der Waals surface area (Å²) < 4.78 is 5.34. The number of carbonyl (C=O) groups is 1. The molecule has 2 saturated heterocycles. The third kappa shape index (κ3) is 4.27. The Kier molecular flexibility index (Phi) is 6.20. The summed E-state index contributed by atoms with van der Waals surface area (Å²) in [5.74, 6) is 0.989. The van der Waals surface area contributed by atoms with Gasteiger partial charge in [-0.1, -0.05) is 11.6 Å². The van der Waals surface area contributed by atoms with Crippen molar-refractivity contribution in [3.8, 4) is 5.75 Å². The molecule has 1 amide bonds. The number of amides is 1. The normalized spacial score (nSPS) is 22.8. The molecule has 5 nitrogen and oxygen atoms in total. The van der Waals surface area contributed by atoms with Gasteiger partial charge in [-0.15, -0.1) is 0 Å². The maximum absolute atomic E-state index is 13.0. The van der Waals surface area contributed by atoms with Crippen molar-refractivity contribution in [1.29, 1.82) is 0 Å². The van der Waals surface area contributed by atoms with Crippen molar-refractivity contribution in [2.45, 2.75) is 31.7 Å². The summed E-state index contributed by atoms with van der Waals surface area (Å²) in [6, 6.07) is 5.59. The highest BCUT2D eigenvalue weighted by molar-refractivity contribution is 6.30. The molecule has 0 aromatic heterocycles. The molecule has 1 atom stereocenters. The average Bonchev–Trinajstić information content (AvgIpc) is 2.67. The summed E-state index contributed by atoms with van der Waals surface area (Å²) in [6.45, 7) is 3.87. The maximum atomic E-state index is 13.0. The number of hydrogen-bond donors (Lipinski definition) is 1. The number of benzene rings is 1. The number of aliphatic hydroxyl groups is 1. The van der Waals surface area contributed by atoms with E-state index in [4.69, 9.17) is 16.3 Å². The van der Waals surface area contributed by atoms with Crippen molar-refractivity contribution in [1.82, 2.24) is 9.80 Å². The van der Waals surface area contributed by atoms with Gasteiger partial charge in [-0.05, 0) is 62.9 Å². The molecule has 2 aliphatic rings. The van der Waals surface area contributed by atoms with Crippen LogP contribution in [0.25, 0.3) is 0 Å². The van der Waals surface area contributed by atoms with Crippen LogP contribution in [0, 0.1) is 5.92 Å². The zero-order valence-corrected chi connectivity index (χ0v) is 15.5. The number of nitrogens with zero attached hydrogens (tertiary/aromatic N) is 2. The Balaban J connectivity index is 1.66. The third-order valence-corrected chi connectivity index (χ3v) is 5.74. The number of likely N-dealkylation sites (tertiary alicyclic amines) is 2. The molecule has 0 bridgehead atoms. The highest BCUT2D eigenvalue weighted by Gasteiger charge is 2.31. The van der Waals surface area contributed by atoms with Gasteiger partial charge in [0.05, 0.1) is 12.7 Å². The van der Waals surface area contributed by atoms with Gasteiger partial charge in [0, 0.05) is 30.8 Å². The minimum absolute atomic E-state index is 0.0171. The van der Waals surface area contributed by atoms with E-state index in [0.29, 0.717) is 34.9 Å². The SMILES string of the molecule is COc1cc(Cl)ccc1C(=O)N1CCC[C@H](N2CCC(CO)CC2)C1. The molecule has 3 rings (SSSR count). The van der Waals surface area contributed by atoms with Crippen molar-refractivity contribution in [3.63, 3.8) is 0 Å². The Morgan fingerprint density at radius 1 is 1.28 bits per heavy atom. The van der Waals surface area contributed by atoms with Crippen LogP contribution in [0.15, 0.2) is 18.2 Å². The number of piperidine rings is 2. The van der Waals surface area contributed by atoms with Gasteiger partial charge in [-0.3, -0.25) is 9.69 Å². The highest BCUT2D eigenvalue weighted by Crippen LogP contribution is 2.27. The molecule has 2 aliphatic heterocycles. The molecule has 0 radical (unpaired) electrons. The maximum Gasteiger partial charge on any atom is 0.257 e. The van der Waals surface area contributed by atoms with Crippen LogP contribution in [0.1, 0.15) is 36.0 Å². The fraction of sp³-hybridized carbons (Fsp3) is 0.632. The Hall–Kier alpha value is -1.30. The number of hydrogen-bond acceptors (Lipinski definition) is 4. The summed E-state index contributed by atoms with van der Waals surface area (Å²) in [5, 5.41) is 9.87. The van der Waals surface area contributed by atoms with E-state index < -0.39 is 0 Å². The predicted molar refractivity (Wildman–Crippen MR) is 98.3 cm³/mol. The molecule has 25 heavy (non-hydrogen) atoms. The van der Waals surface area contributed by atoms with E-state index in [1.165, 1.54) is 0 Å². The molecule has 0 spiro atoms. The van der Waals surface area contributed by atoms with Crippen LogP contribution in [0.5, 0.6) is 5.75 Å². The first-order chi connectivity index (χ1) is 12.1. The van der Waals surface area contributed by atoms with Gasteiger partial charge >= 0.3 is 0 Å². The second-order valence-electron chi connectivity index (χ2n) is 7.05. The molecule has 1 aromatic carbocycles. The molecule has 0 saturated carbocycles. The largest absolute Gasteiger partial charge is 0.496 e. The van der Waals surface area contributed by atoms with Crippen LogP contribution in [-0.2, 0) is 0 Å². The molecular weight excluding hydrogens is 340 g/mol. The first kappa shape index (κ1) is 18.5. The van der Waals surface area contributed by atoms with Crippen LogP contribution in [0.3, 0.4) is 0 Å². The highest BCUT2D eigenvalue weighted by atomic mass is 35.5. The van der Waals surface area contributed by atoms with Gasteiger partial charge in [-0.25, -0.2) is 0 Å². The molecule has 0 unspecified atom stereocenters. The molecular formula is C19H27ClN2O3. The zero-order valence-electron chi connectivity index (χ0n) is 14.8. The lowest BCUT2D eigenvalue weighted by Crippen LogP contribution is -2.52. The topological polar surface area (TPSA) is 53.0 Å². The first-order valence-electron chi connectivity index (χ1n) is 9.10. The lowest BCUT2D eigenvalue weighted by molar-refractivity contribution is 0.0444. The minimum Gasteiger partial charge on any atom is -0.496 e. The van der Waals surface area contributed by atoms with E-state index in [0.717, 1.165) is 51.9 Å². The van der Waals surface area contributed by atoms with Crippen molar-refractivity contribution >= 4 is 17.5 Å². The number of methoxy groups -OCH3 is 1. The minimum atomic E-state index is 0.0171. The molecule has 1 N–H and O–H groups in total. The van der Waals surface area contributed by atoms with Crippen LogP contribution >= 0.6 is 11.6 Å². The van der Waals surface area contributed by atoms with Crippen LogP contribution in [-0.4, -0.2) is 66.8 Å². The van der Waals surface area contributed by atoms with Gasteiger partial charge in [-0.2, -0.15) is 0 Å². The Morgan fingerprint density at radius 2 is 2.04 bits per heavy atom. The van der Waals surface area contributed by atoms with Crippen molar-refractivity contribution < 1.29 is 14.6 Å². The predicted octanol–water partition coefficient (Wildman–Crippen LogP) is 2.66. The number of halogens is 1. The standard InChI is InChI=1S/C19H27ClN2O3/c1-25-18-11-15(20)4-5-17(18)19(24)22-8-2-3-16(12-22)21-9-6-14(13-23)7-10-21/h4-5,11,14,16,23H,2-3,6-10,12-13H2,1H3/t16-/m0/s1. The Morgan fingerprint density at radius 3 is 2.72 bits per heavy atom. The fourth-order valence-electron chi connectivity index (χ4n) is 3.95. The molecule has 0 aliphatic carbocycles. The fourth-order valence-corrected chi connectivity index (χ4v) is 4.11. The van der Waals surface area contributed by atoms with Gasteiger partial charge in [0.2, 0.25) is 0 Å². The van der Waals surface area contributed by atoms with Crippen LogP contribution in [0.4, 0.5) is 0 Å².